The van der Waals surface area contributed by atoms with Crippen molar-refractivity contribution in [1.29, 1.82) is 0 Å². The summed E-state index contributed by atoms with van der Waals surface area (Å²) in [4.78, 5) is 14.6. The molecule has 6 heteroatoms. The Balaban J connectivity index is 2.09. The van der Waals surface area contributed by atoms with Crippen LogP contribution in [0.4, 0.5) is 0 Å². The third-order valence-electron chi connectivity index (χ3n) is 4.12. The molecular weight excluding hydrogens is 348 g/mol. The molecule has 0 bridgehead atoms. The molecule has 1 N–H and O–H groups in total. The van der Waals surface area contributed by atoms with Crippen LogP contribution in [0.15, 0.2) is 59.5 Å². The molecule has 0 radical (unpaired) electrons. The molecule has 1 amide bonds. The summed E-state index contributed by atoms with van der Waals surface area (Å²) in [5, 5.41) is 0. The molecule has 0 saturated heterocycles. The molecule has 0 fully saturated rings. The van der Waals surface area contributed by atoms with Crippen molar-refractivity contribution in [3.05, 3.63) is 65.7 Å². The number of carbonyl (C=O) groups excluding carboxylic acids is 1. The Labute approximate surface area is 156 Å². The monoisotopic (exact) mass is 374 g/mol. The minimum absolute atomic E-state index is 0.112. The first-order valence-electron chi connectivity index (χ1n) is 8.91. The predicted octanol–water partition coefficient (Wildman–Crippen LogP) is 3.43. The van der Waals surface area contributed by atoms with Crippen LogP contribution in [0.25, 0.3) is 0 Å². The van der Waals surface area contributed by atoms with Crippen LogP contribution >= 0.6 is 0 Å². The van der Waals surface area contributed by atoms with Crippen molar-refractivity contribution in [2.45, 2.75) is 38.1 Å². The van der Waals surface area contributed by atoms with Crippen molar-refractivity contribution in [3.8, 4) is 0 Å². The van der Waals surface area contributed by atoms with Gasteiger partial charge in [0.2, 0.25) is 10.0 Å². The van der Waals surface area contributed by atoms with E-state index in [4.69, 9.17) is 0 Å². The molecule has 26 heavy (non-hydrogen) atoms. The SMILES string of the molecule is CCCCNS(=O)(=O)c1ccc(C(=O)N(CC)Cc2ccccc2)cc1. The van der Waals surface area contributed by atoms with Gasteiger partial charge in [0.15, 0.2) is 0 Å². The first-order valence-corrected chi connectivity index (χ1v) is 10.4. The van der Waals surface area contributed by atoms with Gasteiger partial charge in [0, 0.05) is 25.2 Å². The lowest BCUT2D eigenvalue weighted by Gasteiger charge is -2.21. The molecule has 2 aromatic rings. The van der Waals surface area contributed by atoms with Crippen molar-refractivity contribution >= 4 is 15.9 Å². The quantitative estimate of drug-likeness (QED) is 0.684. The van der Waals surface area contributed by atoms with Crippen LogP contribution in [0, 0.1) is 0 Å². The number of rotatable bonds is 9. The first kappa shape index (κ1) is 20.1. The fourth-order valence-corrected chi connectivity index (χ4v) is 3.63. The van der Waals surface area contributed by atoms with Gasteiger partial charge in [0.25, 0.3) is 5.91 Å². The minimum Gasteiger partial charge on any atom is -0.335 e. The lowest BCUT2D eigenvalue weighted by atomic mass is 10.1. The van der Waals surface area contributed by atoms with Crippen LogP contribution in [-0.4, -0.2) is 32.3 Å². The number of amides is 1. The first-order chi connectivity index (χ1) is 12.5. The van der Waals surface area contributed by atoms with E-state index in [0.29, 0.717) is 25.2 Å². The number of hydrogen-bond donors (Lipinski definition) is 1. The van der Waals surface area contributed by atoms with Crippen molar-refractivity contribution in [1.82, 2.24) is 9.62 Å². The fourth-order valence-electron chi connectivity index (χ4n) is 2.56. The largest absolute Gasteiger partial charge is 0.335 e. The highest BCUT2D eigenvalue weighted by molar-refractivity contribution is 7.89. The van der Waals surface area contributed by atoms with Crippen LogP contribution in [0.2, 0.25) is 0 Å². The van der Waals surface area contributed by atoms with Gasteiger partial charge in [-0.25, -0.2) is 13.1 Å². The molecule has 2 rings (SSSR count). The van der Waals surface area contributed by atoms with Gasteiger partial charge in [-0.05, 0) is 43.2 Å². The maximum Gasteiger partial charge on any atom is 0.254 e. The zero-order valence-corrected chi connectivity index (χ0v) is 16.1. The Morgan fingerprint density at radius 1 is 1.00 bits per heavy atom. The molecule has 0 heterocycles. The highest BCUT2D eigenvalue weighted by atomic mass is 32.2. The van der Waals surface area contributed by atoms with Gasteiger partial charge < -0.3 is 4.90 Å². The summed E-state index contributed by atoms with van der Waals surface area (Å²) in [6, 6.07) is 15.9. The van der Waals surface area contributed by atoms with Crippen LogP contribution < -0.4 is 4.72 Å². The molecule has 0 aliphatic rings. The fraction of sp³-hybridized carbons (Fsp3) is 0.350. The lowest BCUT2D eigenvalue weighted by Crippen LogP contribution is -2.30. The van der Waals surface area contributed by atoms with Gasteiger partial charge in [-0.3, -0.25) is 4.79 Å². The highest BCUT2D eigenvalue weighted by Gasteiger charge is 2.17. The van der Waals surface area contributed by atoms with E-state index in [-0.39, 0.29) is 10.8 Å². The van der Waals surface area contributed by atoms with E-state index in [1.807, 2.05) is 44.2 Å². The highest BCUT2D eigenvalue weighted by Crippen LogP contribution is 2.14. The molecule has 0 aromatic heterocycles. The Hall–Kier alpha value is -2.18. The number of nitrogens with one attached hydrogen (secondary N) is 1. The van der Waals surface area contributed by atoms with E-state index in [1.54, 1.807) is 17.0 Å². The summed E-state index contributed by atoms with van der Waals surface area (Å²) < 4.78 is 27.0. The molecule has 0 atom stereocenters. The van der Waals surface area contributed by atoms with Gasteiger partial charge in [0.1, 0.15) is 0 Å². The minimum atomic E-state index is -3.52. The number of nitrogens with zero attached hydrogens (tertiary/aromatic N) is 1. The molecule has 0 aliphatic carbocycles. The van der Waals surface area contributed by atoms with E-state index in [1.165, 1.54) is 12.1 Å². The number of sulfonamides is 1. The van der Waals surface area contributed by atoms with Crippen molar-refractivity contribution in [3.63, 3.8) is 0 Å². The Morgan fingerprint density at radius 3 is 2.23 bits per heavy atom. The summed E-state index contributed by atoms with van der Waals surface area (Å²) in [5.41, 5.74) is 1.54. The second-order valence-electron chi connectivity index (χ2n) is 6.08. The second kappa shape index (κ2) is 9.50. The van der Waals surface area contributed by atoms with Crippen LogP contribution in [0.1, 0.15) is 42.6 Å². The average molecular weight is 375 g/mol. The van der Waals surface area contributed by atoms with Crippen molar-refractivity contribution < 1.29 is 13.2 Å². The van der Waals surface area contributed by atoms with E-state index >= 15 is 0 Å². The van der Waals surface area contributed by atoms with Crippen molar-refractivity contribution in [2.75, 3.05) is 13.1 Å². The van der Waals surface area contributed by atoms with Gasteiger partial charge in [-0.2, -0.15) is 0 Å². The molecule has 0 unspecified atom stereocenters. The second-order valence-corrected chi connectivity index (χ2v) is 7.85. The van der Waals surface area contributed by atoms with E-state index in [2.05, 4.69) is 4.72 Å². The molecule has 5 nitrogen and oxygen atoms in total. The number of carbonyl (C=O) groups is 1. The number of unbranched alkanes of at least 4 members (excludes halogenated alkanes) is 1. The van der Waals surface area contributed by atoms with Gasteiger partial charge >= 0.3 is 0 Å². The zero-order valence-electron chi connectivity index (χ0n) is 15.3. The van der Waals surface area contributed by atoms with E-state index < -0.39 is 10.0 Å². The number of hydrogen-bond acceptors (Lipinski definition) is 3. The predicted molar refractivity (Wildman–Crippen MR) is 103 cm³/mol. The zero-order chi connectivity index (χ0) is 19.0. The topological polar surface area (TPSA) is 66.5 Å². The lowest BCUT2D eigenvalue weighted by molar-refractivity contribution is 0.0752. The molecule has 2 aromatic carbocycles. The molecular formula is C20H26N2O3S. The Bertz CT molecular complexity index is 803. The maximum absolute atomic E-state index is 12.7. The van der Waals surface area contributed by atoms with Gasteiger partial charge in [-0.15, -0.1) is 0 Å². The molecule has 0 aliphatic heterocycles. The van der Waals surface area contributed by atoms with Crippen LogP contribution in [0.3, 0.4) is 0 Å². The Kier molecular flexibility index (Phi) is 7.36. The van der Waals surface area contributed by atoms with Crippen LogP contribution in [0.5, 0.6) is 0 Å². The molecule has 0 saturated carbocycles. The van der Waals surface area contributed by atoms with Gasteiger partial charge in [0.05, 0.1) is 4.90 Å². The molecule has 0 spiro atoms. The summed E-state index contributed by atoms with van der Waals surface area (Å²) in [5.74, 6) is -0.112. The third-order valence-corrected chi connectivity index (χ3v) is 5.60. The van der Waals surface area contributed by atoms with Crippen LogP contribution in [-0.2, 0) is 16.6 Å². The third kappa shape index (κ3) is 5.41. The summed E-state index contributed by atoms with van der Waals surface area (Å²) in [6.45, 7) is 5.45. The summed E-state index contributed by atoms with van der Waals surface area (Å²) in [6.07, 6.45) is 1.71. The Morgan fingerprint density at radius 2 is 1.65 bits per heavy atom. The van der Waals surface area contributed by atoms with E-state index in [0.717, 1.165) is 18.4 Å². The summed E-state index contributed by atoms with van der Waals surface area (Å²) >= 11 is 0. The van der Waals surface area contributed by atoms with E-state index in [9.17, 15) is 13.2 Å². The summed E-state index contributed by atoms with van der Waals surface area (Å²) in [7, 11) is -3.52. The van der Waals surface area contributed by atoms with Gasteiger partial charge in [-0.1, -0.05) is 43.7 Å². The maximum atomic E-state index is 12.7. The standard InChI is InChI=1S/C20H26N2O3S/c1-3-5-15-21-26(24,25)19-13-11-18(12-14-19)20(23)22(4-2)16-17-9-7-6-8-10-17/h6-14,21H,3-5,15-16H2,1-2H3. The van der Waals surface area contributed by atoms with Crippen molar-refractivity contribution in [2.24, 2.45) is 0 Å². The number of benzene rings is 2. The smallest absolute Gasteiger partial charge is 0.254 e. The normalized spacial score (nSPS) is 11.3. The average Bonchev–Trinajstić information content (AvgIpc) is 2.66. The molecule has 140 valence electrons.